The Bertz CT molecular complexity index is 430. The fourth-order valence-electron chi connectivity index (χ4n) is 1.92. The lowest BCUT2D eigenvalue weighted by molar-refractivity contribution is -0.130. The lowest BCUT2D eigenvalue weighted by Gasteiger charge is -2.05. The summed E-state index contributed by atoms with van der Waals surface area (Å²) >= 11 is 0. The summed E-state index contributed by atoms with van der Waals surface area (Å²) in [6, 6.07) is 5.98. The first-order valence-corrected chi connectivity index (χ1v) is 4.65. The summed E-state index contributed by atoms with van der Waals surface area (Å²) in [5.74, 6) is -0.613. The number of carboxylic acid groups (broad SMARTS) is 1. The van der Waals surface area contributed by atoms with Gasteiger partial charge < -0.3 is 5.11 Å². The molecular weight excluding hydrogens is 176 g/mol. The number of carbonyl (C=O) groups is 1. The Morgan fingerprint density at radius 1 is 1.43 bits per heavy atom. The van der Waals surface area contributed by atoms with Crippen molar-refractivity contribution in [2.45, 2.75) is 19.8 Å². The molecule has 2 nitrogen and oxygen atoms in total. The van der Waals surface area contributed by atoms with Crippen LogP contribution in [-0.2, 0) is 4.79 Å². The average Bonchev–Trinajstić information content (AvgIpc) is 2.43. The minimum Gasteiger partial charge on any atom is -0.478 e. The van der Waals surface area contributed by atoms with E-state index in [0.717, 1.165) is 16.7 Å². The van der Waals surface area contributed by atoms with Crippen molar-refractivity contribution in [1.29, 1.82) is 0 Å². The molecule has 2 heteroatoms. The number of rotatable bonds is 1. The van der Waals surface area contributed by atoms with Crippen LogP contribution >= 0.6 is 0 Å². The van der Waals surface area contributed by atoms with Crippen LogP contribution in [0.4, 0.5) is 0 Å². The van der Waals surface area contributed by atoms with Crippen LogP contribution in [-0.4, -0.2) is 11.1 Å². The molecule has 1 aromatic carbocycles. The molecule has 72 valence electrons. The quantitative estimate of drug-likeness (QED) is 0.735. The van der Waals surface area contributed by atoms with Crippen molar-refractivity contribution in [3.63, 3.8) is 0 Å². The topological polar surface area (TPSA) is 37.3 Å². The molecule has 14 heavy (non-hydrogen) atoms. The van der Waals surface area contributed by atoms with Gasteiger partial charge in [0, 0.05) is 5.92 Å². The standard InChI is InChI=1S/C12H12O2/c1-7-3-4-9-8(2)6-11(12(13)14)10(9)5-7/h3-6,8H,1-2H3,(H,13,14). The normalized spacial score (nSPS) is 19.0. The summed E-state index contributed by atoms with van der Waals surface area (Å²) in [5.41, 5.74) is 3.54. The van der Waals surface area contributed by atoms with Gasteiger partial charge in [-0.05, 0) is 18.1 Å². The van der Waals surface area contributed by atoms with Gasteiger partial charge in [-0.2, -0.15) is 0 Å². The molecule has 2 rings (SSSR count). The third kappa shape index (κ3) is 1.23. The molecule has 0 bridgehead atoms. The van der Waals surface area contributed by atoms with Gasteiger partial charge in [-0.3, -0.25) is 0 Å². The first-order chi connectivity index (χ1) is 6.59. The summed E-state index contributed by atoms with van der Waals surface area (Å²) in [6.45, 7) is 3.99. The number of hydrogen-bond acceptors (Lipinski definition) is 1. The SMILES string of the molecule is Cc1ccc2c(c1)C(C(=O)O)=CC2C. The number of hydrogen-bond donors (Lipinski definition) is 1. The van der Waals surface area contributed by atoms with Gasteiger partial charge >= 0.3 is 5.97 Å². The molecule has 0 saturated carbocycles. The highest BCUT2D eigenvalue weighted by Gasteiger charge is 2.23. The van der Waals surface area contributed by atoms with Crippen LogP contribution in [0.5, 0.6) is 0 Å². The lowest BCUT2D eigenvalue weighted by Crippen LogP contribution is -1.97. The molecule has 0 aromatic heterocycles. The van der Waals surface area contributed by atoms with Crippen molar-refractivity contribution in [3.8, 4) is 0 Å². The molecule has 1 aromatic rings. The van der Waals surface area contributed by atoms with E-state index in [0.29, 0.717) is 5.57 Å². The Hall–Kier alpha value is -1.57. The maximum absolute atomic E-state index is 11.0. The highest BCUT2D eigenvalue weighted by Crippen LogP contribution is 2.35. The zero-order valence-corrected chi connectivity index (χ0v) is 8.24. The van der Waals surface area contributed by atoms with E-state index in [2.05, 4.69) is 0 Å². The Labute approximate surface area is 82.9 Å². The van der Waals surface area contributed by atoms with Crippen molar-refractivity contribution >= 4 is 11.5 Å². The van der Waals surface area contributed by atoms with Crippen LogP contribution in [0.2, 0.25) is 0 Å². The van der Waals surface area contributed by atoms with Gasteiger partial charge in [-0.1, -0.05) is 36.8 Å². The largest absolute Gasteiger partial charge is 0.478 e. The third-order valence-electron chi connectivity index (χ3n) is 2.64. The smallest absolute Gasteiger partial charge is 0.335 e. The molecule has 1 N–H and O–H groups in total. The van der Waals surface area contributed by atoms with Crippen molar-refractivity contribution < 1.29 is 9.90 Å². The third-order valence-corrected chi connectivity index (χ3v) is 2.64. The minimum absolute atomic E-state index is 0.219. The van der Waals surface area contributed by atoms with Crippen LogP contribution in [0, 0.1) is 6.92 Å². The maximum Gasteiger partial charge on any atom is 0.335 e. The van der Waals surface area contributed by atoms with E-state index in [4.69, 9.17) is 5.11 Å². The molecule has 0 aliphatic heterocycles. The molecule has 0 amide bonds. The van der Waals surface area contributed by atoms with Crippen LogP contribution in [0.25, 0.3) is 5.57 Å². The van der Waals surface area contributed by atoms with E-state index < -0.39 is 5.97 Å². The van der Waals surface area contributed by atoms with E-state index in [1.54, 1.807) is 0 Å². The highest BCUT2D eigenvalue weighted by atomic mass is 16.4. The maximum atomic E-state index is 11.0. The Balaban J connectivity index is 2.60. The summed E-state index contributed by atoms with van der Waals surface area (Å²) in [5, 5.41) is 9.00. The second kappa shape index (κ2) is 2.98. The summed E-state index contributed by atoms with van der Waals surface area (Å²) in [4.78, 5) is 11.0. The molecular formula is C12H12O2. The van der Waals surface area contributed by atoms with E-state index in [9.17, 15) is 4.79 Å². The number of fused-ring (bicyclic) bond motifs is 1. The average molecular weight is 188 g/mol. The molecule has 1 aliphatic rings. The second-order valence-corrected chi connectivity index (χ2v) is 3.76. The van der Waals surface area contributed by atoms with E-state index >= 15 is 0 Å². The van der Waals surface area contributed by atoms with E-state index in [1.165, 1.54) is 0 Å². The Morgan fingerprint density at radius 3 is 2.79 bits per heavy atom. The van der Waals surface area contributed by atoms with E-state index in [1.807, 2.05) is 38.1 Å². The molecule has 1 aliphatic carbocycles. The van der Waals surface area contributed by atoms with Crippen LogP contribution in [0.15, 0.2) is 24.3 Å². The van der Waals surface area contributed by atoms with Crippen molar-refractivity contribution in [3.05, 3.63) is 41.0 Å². The minimum atomic E-state index is -0.832. The second-order valence-electron chi connectivity index (χ2n) is 3.76. The summed E-state index contributed by atoms with van der Waals surface area (Å²) in [7, 11) is 0. The van der Waals surface area contributed by atoms with Crippen molar-refractivity contribution in [2.24, 2.45) is 0 Å². The number of allylic oxidation sites excluding steroid dienone is 1. The Kier molecular flexibility index (Phi) is 1.92. The molecule has 0 fully saturated rings. The first kappa shape index (κ1) is 9.00. The number of aryl methyl sites for hydroxylation is 1. The van der Waals surface area contributed by atoms with Gasteiger partial charge in [0.05, 0.1) is 5.57 Å². The highest BCUT2D eigenvalue weighted by molar-refractivity contribution is 6.17. The molecule has 0 radical (unpaired) electrons. The van der Waals surface area contributed by atoms with Crippen molar-refractivity contribution in [1.82, 2.24) is 0 Å². The van der Waals surface area contributed by atoms with Crippen LogP contribution in [0.1, 0.15) is 29.5 Å². The zero-order valence-electron chi connectivity index (χ0n) is 8.24. The van der Waals surface area contributed by atoms with Gasteiger partial charge in [0.2, 0.25) is 0 Å². The molecule has 0 spiro atoms. The molecule has 0 heterocycles. The zero-order chi connectivity index (χ0) is 10.3. The predicted octanol–water partition coefficient (Wildman–Crippen LogP) is 2.58. The molecule has 1 unspecified atom stereocenters. The number of benzene rings is 1. The van der Waals surface area contributed by atoms with Gasteiger partial charge in [0.15, 0.2) is 0 Å². The molecule has 1 atom stereocenters. The fraction of sp³-hybridized carbons (Fsp3) is 0.250. The van der Waals surface area contributed by atoms with Crippen molar-refractivity contribution in [2.75, 3.05) is 0 Å². The van der Waals surface area contributed by atoms with Crippen LogP contribution in [0.3, 0.4) is 0 Å². The number of carboxylic acids is 1. The predicted molar refractivity (Wildman–Crippen MR) is 55.2 cm³/mol. The van der Waals surface area contributed by atoms with Gasteiger partial charge in [-0.15, -0.1) is 0 Å². The lowest BCUT2D eigenvalue weighted by atomic mass is 9.99. The summed E-state index contributed by atoms with van der Waals surface area (Å²) < 4.78 is 0. The number of aliphatic carboxylic acids is 1. The summed E-state index contributed by atoms with van der Waals surface area (Å²) in [6.07, 6.45) is 1.81. The first-order valence-electron chi connectivity index (χ1n) is 4.65. The van der Waals surface area contributed by atoms with Gasteiger partial charge in [0.1, 0.15) is 0 Å². The fourth-order valence-corrected chi connectivity index (χ4v) is 1.92. The monoisotopic (exact) mass is 188 g/mol. The van der Waals surface area contributed by atoms with E-state index in [-0.39, 0.29) is 5.92 Å². The van der Waals surface area contributed by atoms with Crippen LogP contribution < -0.4 is 0 Å². The van der Waals surface area contributed by atoms with Gasteiger partial charge in [-0.25, -0.2) is 4.79 Å². The Morgan fingerprint density at radius 2 is 2.14 bits per heavy atom. The van der Waals surface area contributed by atoms with Gasteiger partial charge in [0.25, 0.3) is 0 Å². The molecule has 0 saturated heterocycles.